The van der Waals surface area contributed by atoms with Crippen molar-refractivity contribution in [2.75, 3.05) is 32.8 Å². The van der Waals surface area contributed by atoms with Crippen LogP contribution in [0.25, 0.3) is 0 Å². The number of carbonyl (C=O) groups is 1. The Morgan fingerprint density at radius 3 is 2.64 bits per heavy atom. The Hall–Kier alpha value is -2.97. The molecule has 0 radical (unpaired) electrons. The number of hydrogen-bond donors (Lipinski definition) is 3. The maximum Gasteiger partial charge on any atom is 0.242 e. The molecule has 1 saturated heterocycles. The number of carbonyl (C=O) groups excluding carboxylic acids is 1. The van der Waals surface area contributed by atoms with Crippen molar-refractivity contribution < 1.29 is 23.7 Å². The molecule has 1 fully saturated rings. The van der Waals surface area contributed by atoms with Crippen molar-refractivity contribution in [2.24, 2.45) is 0 Å². The maximum atomic E-state index is 12.7. The van der Waals surface area contributed by atoms with Gasteiger partial charge < -0.3 is 24.3 Å². The van der Waals surface area contributed by atoms with Gasteiger partial charge in [0.05, 0.1) is 20.3 Å². The third kappa shape index (κ3) is 3.69. The third-order valence-electron chi connectivity index (χ3n) is 4.85. The molecule has 2 aliphatic rings. The smallest absolute Gasteiger partial charge is 0.242 e. The minimum absolute atomic E-state index is 0.0585. The van der Waals surface area contributed by atoms with Gasteiger partial charge in [0, 0.05) is 23.4 Å². The lowest BCUT2D eigenvalue weighted by Gasteiger charge is -2.19. The van der Waals surface area contributed by atoms with Crippen LogP contribution in [0.15, 0.2) is 36.4 Å². The highest BCUT2D eigenvalue weighted by Gasteiger charge is 2.32. The molecule has 8 heteroatoms. The van der Waals surface area contributed by atoms with Crippen molar-refractivity contribution in [3.05, 3.63) is 42.0 Å². The molecule has 148 valence electrons. The van der Waals surface area contributed by atoms with Crippen LogP contribution in [0.3, 0.4) is 0 Å². The number of hydrazine groups is 1. The highest BCUT2D eigenvalue weighted by atomic mass is 16.6. The van der Waals surface area contributed by atoms with Crippen molar-refractivity contribution >= 4 is 11.6 Å². The van der Waals surface area contributed by atoms with E-state index in [1.54, 1.807) is 32.4 Å². The van der Waals surface area contributed by atoms with E-state index in [2.05, 4.69) is 16.2 Å². The largest absolute Gasteiger partial charge is 0.497 e. The molecule has 0 aliphatic carbocycles. The van der Waals surface area contributed by atoms with E-state index in [0.717, 1.165) is 11.3 Å². The van der Waals surface area contributed by atoms with E-state index in [-0.39, 0.29) is 18.0 Å². The first-order valence-electron chi connectivity index (χ1n) is 9.11. The summed E-state index contributed by atoms with van der Waals surface area (Å²) < 4.78 is 21.8. The number of fused-ring (bicyclic) bond motifs is 1. The molecule has 4 rings (SSSR count). The molecule has 2 atom stereocenters. The van der Waals surface area contributed by atoms with Gasteiger partial charge in [-0.05, 0) is 24.6 Å². The van der Waals surface area contributed by atoms with Crippen molar-refractivity contribution in [3.8, 4) is 23.0 Å². The van der Waals surface area contributed by atoms with E-state index >= 15 is 0 Å². The average Bonchev–Trinajstić information content (AvgIpc) is 3.23. The van der Waals surface area contributed by atoms with E-state index in [1.807, 2.05) is 18.2 Å². The third-order valence-corrected chi connectivity index (χ3v) is 4.85. The summed E-state index contributed by atoms with van der Waals surface area (Å²) in [5, 5.41) is 2.92. The van der Waals surface area contributed by atoms with Crippen LogP contribution in [-0.4, -0.2) is 39.4 Å². The SMILES string of the molecule is COc1ccc(C2CC(C(=O)Nc3ccc4c(c3)OCCO4)NN2)c(OC)c1. The number of rotatable bonds is 5. The van der Waals surface area contributed by atoms with Crippen LogP contribution < -0.4 is 35.1 Å². The van der Waals surface area contributed by atoms with Gasteiger partial charge in [0.1, 0.15) is 30.8 Å². The minimum atomic E-state index is -0.384. The fraction of sp³-hybridized carbons (Fsp3) is 0.350. The van der Waals surface area contributed by atoms with Gasteiger partial charge in [0.25, 0.3) is 0 Å². The predicted molar refractivity (Wildman–Crippen MR) is 103 cm³/mol. The zero-order valence-electron chi connectivity index (χ0n) is 15.8. The topological polar surface area (TPSA) is 90.1 Å². The Morgan fingerprint density at radius 1 is 1.04 bits per heavy atom. The van der Waals surface area contributed by atoms with Gasteiger partial charge in [-0.15, -0.1) is 0 Å². The summed E-state index contributed by atoms with van der Waals surface area (Å²) >= 11 is 0. The van der Waals surface area contributed by atoms with Crippen LogP contribution in [0.5, 0.6) is 23.0 Å². The highest BCUT2D eigenvalue weighted by molar-refractivity contribution is 5.95. The van der Waals surface area contributed by atoms with Gasteiger partial charge in [-0.1, -0.05) is 6.07 Å². The standard InChI is InChI=1S/C20H23N3O5/c1-25-13-4-5-14(18(10-13)26-2)15-11-16(23-22-15)20(24)21-12-3-6-17-19(9-12)28-8-7-27-17/h3-6,9-10,15-16,22-23H,7-8,11H2,1-2H3,(H,21,24). The van der Waals surface area contributed by atoms with Gasteiger partial charge in [0.2, 0.25) is 5.91 Å². The number of benzene rings is 2. The van der Waals surface area contributed by atoms with E-state index in [0.29, 0.717) is 42.6 Å². The fourth-order valence-corrected chi connectivity index (χ4v) is 3.39. The number of ether oxygens (including phenoxy) is 4. The van der Waals surface area contributed by atoms with Gasteiger partial charge in [-0.2, -0.15) is 0 Å². The zero-order chi connectivity index (χ0) is 19.5. The van der Waals surface area contributed by atoms with Crippen LogP contribution in [0, 0.1) is 0 Å². The van der Waals surface area contributed by atoms with Crippen LogP contribution in [0.2, 0.25) is 0 Å². The van der Waals surface area contributed by atoms with Gasteiger partial charge in [-0.3, -0.25) is 4.79 Å². The Morgan fingerprint density at radius 2 is 1.86 bits per heavy atom. The monoisotopic (exact) mass is 385 g/mol. The Labute approximate surface area is 163 Å². The lowest BCUT2D eigenvalue weighted by molar-refractivity contribution is -0.117. The number of amides is 1. The molecule has 3 N–H and O–H groups in total. The molecular weight excluding hydrogens is 362 g/mol. The van der Waals surface area contributed by atoms with Crippen molar-refractivity contribution in [3.63, 3.8) is 0 Å². The summed E-state index contributed by atoms with van der Waals surface area (Å²) in [7, 11) is 3.23. The van der Waals surface area contributed by atoms with Gasteiger partial charge in [-0.25, -0.2) is 10.9 Å². The first kappa shape index (κ1) is 18.4. The van der Waals surface area contributed by atoms with Gasteiger partial charge in [0.15, 0.2) is 11.5 Å². The Kier molecular flexibility index (Phi) is 5.23. The highest BCUT2D eigenvalue weighted by Crippen LogP contribution is 2.34. The summed E-state index contributed by atoms with van der Waals surface area (Å²) in [6, 6.07) is 10.6. The van der Waals surface area contributed by atoms with Crippen LogP contribution >= 0.6 is 0 Å². The molecule has 2 heterocycles. The second-order valence-corrected chi connectivity index (χ2v) is 6.59. The van der Waals surface area contributed by atoms with Crippen molar-refractivity contribution in [2.45, 2.75) is 18.5 Å². The summed E-state index contributed by atoms with van der Waals surface area (Å²) in [4.78, 5) is 12.7. The molecule has 2 unspecified atom stereocenters. The van der Waals surface area contributed by atoms with E-state index in [4.69, 9.17) is 18.9 Å². The van der Waals surface area contributed by atoms with Crippen LogP contribution in [0.4, 0.5) is 5.69 Å². The lowest BCUT2D eigenvalue weighted by Crippen LogP contribution is -2.39. The first-order valence-corrected chi connectivity index (χ1v) is 9.11. The summed E-state index contributed by atoms with van der Waals surface area (Å²) in [5.74, 6) is 2.64. The summed E-state index contributed by atoms with van der Waals surface area (Å²) in [5.41, 5.74) is 7.87. The molecule has 0 aromatic heterocycles. The molecule has 0 bridgehead atoms. The molecule has 0 saturated carbocycles. The number of methoxy groups -OCH3 is 2. The normalized spacial score (nSPS) is 20.5. The molecular formula is C20H23N3O5. The number of anilines is 1. The number of nitrogens with one attached hydrogen (secondary N) is 3. The number of hydrogen-bond acceptors (Lipinski definition) is 7. The maximum absolute atomic E-state index is 12.7. The van der Waals surface area contributed by atoms with Crippen LogP contribution in [0.1, 0.15) is 18.0 Å². The lowest BCUT2D eigenvalue weighted by atomic mass is 10.0. The van der Waals surface area contributed by atoms with Crippen molar-refractivity contribution in [1.82, 2.24) is 10.9 Å². The second kappa shape index (κ2) is 7.95. The molecule has 1 amide bonds. The molecule has 28 heavy (non-hydrogen) atoms. The van der Waals surface area contributed by atoms with Crippen LogP contribution in [-0.2, 0) is 4.79 Å². The molecule has 2 aromatic carbocycles. The molecule has 2 aromatic rings. The predicted octanol–water partition coefficient (Wildman–Crippen LogP) is 2.02. The average molecular weight is 385 g/mol. The van der Waals surface area contributed by atoms with E-state index < -0.39 is 0 Å². The molecule has 0 spiro atoms. The molecule has 2 aliphatic heterocycles. The Balaban J connectivity index is 1.42. The minimum Gasteiger partial charge on any atom is -0.497 e. The van der Waals surface area contributed by atoms with E-state index in [1.165, 1.54) is 0 Å². The van der Waals surface area contributed by atoms with Gasteiger partial charge >= 0.3 is 0 Å². The van der Waals surface area contributed by atoms with Crippen molar-refractivity contribution in [1.29, 1.82) is 0 Å². The molecule has 8 nitrogen and oxygen atoms in total. The summed E-state index contributed by atoms with van der Waals surface area (Å²) in [6.45, 7) is 1.04. The second-order valence-electron chi connectivity index (χ2n) is 6.59. The van der Waals surface area contributed by atoms with E-state index in [9.17, 15) is 4.79 Å². The zero-order valence-corrected chi connectivity index (χ0v) is 15.8. The Bertz CT molecular complexity index is 873. The first-order chi connectivity index (χ1) is 13.7. The fourth-order valence-electron chi connectivity index (χ4n) is 3.39. The summed E-state index contributed by atoms with van der Waals surface area (Å²) in [6.07, 6.45) is 0.582. The quantitative estimate of drug-likeness (QED) is 0.725.